The van der Waals surface area contributed by atoms with Crippen molar-refractivity contribution in [2.45, 2.75) is 75.0 Å². The third kappa shape index (κ3) is 2.26. The zero-order valence-electron chi connectivity index (χ0n) is 13.1. The van der Waals surface area contributed by atoms with Gasteiger partial charge in [-0.2, -0.15) is 11.8 Å². The van der Waals surface area contributed by atoms with Gasteiger partial charge in [-0.15, -0.1) is 0 Å². The molecule has 0 saturated heterocycles. The van der Waals surface area contributed by atoms with Crippen molar-refractivity contribution in [2.75, 3.05) is 12.8 Å². The molecular formula is C18H31NS. The van der Waals surface area contributed by atoms with E-state index in [1.54, 1.807) is 19.3 Å². The molecule has 0 aromatic heterocycles. The Hall–Kier alpha value is 0.310. The number of nitrogens with one attached hydrogen (secondary N) is 1. The first-order valence-electron chi connectivity index (χ1n) is 9.10. The smallest absolute Gasteiger partial charge is 0.0281 e. The van der Waals surface area contributed by atoms with E-state index in [0.717, 1.165) is 29.7 Å². The van der Waals surface area contributed by atoms with Crippen molar-refractivity contribution in [1.82, 2.24) is 5.32 Å². The molecule has 0 spiro atoms. The third-order valence-electron chi connectivity index (χ3n) is 7.31. The van der Waals surface area contributed by atoms with Crippen molar-refractivity contribution < 1.29 is 0 Å². The molecule has 1 N–H and O–H groups in total. The quantitative estimate of drug-likeness (QED) is 0.821. The number of hydrogen-bond donors (Lipinski definition) is 1. The minimum absolute atomic E-state index is 0.579. The molecule has 114 valence electrons. The molecule has 0 radical (unpaired) electrons. The minimum Gasteiger partial charge on any atom is -0.312 e. The molecule has 5 unspecified atom stereocenters. The van der Waals surface area contributed by atoms with Crippen LogP contribution in [0.25, 0.3) is 0 Å². The lowest BCUT2D eigenvalue weighted by Crippen LogP contribution is -2.47. The van der Waals surface area contributed by atoms with Gasteiger partial charge in [0.05, 0.1) is 0 Å². The van der Waals surface area contributed by atoms with Gasteiger partial charge in [0.15, 0.2) is 0 Å². The molecule has 4 fully saturated rings. The van der Waals surface area contributed by atoms with Crippen LogP contribution in [0.4, 0.5) is 0 Å². The molecule has 1 nitrogen and oxygen atoms in total. The maximum absolute atomic E-state index is 4.07. The monoisotopic (exact) mass is 293 g/mol. The second-order valence-electron chi connectivity index (χ2n) is 8.09. The van der Waals surface area contributed by atoms with Gasteiger partial charge >= 0.3 is 0 Å². The summed E-state index contributed by atoms with van der Waals surface area (Å²) in [5.74, 6) is 4.40. The van der Waals surface area contributed by atoms with Crippen molar-refractivity contribution in [3.63, 3.8) is 0 Å². The highest BCUT2D eigenvalue weighted by molar-refractivity contribution is 8.00. The molecule has 4 aliphatic carbocycles. The van der Waals surface area contributed by atoms with E-state index in [1.807, 2.05) is 0 Å². The van der Waals surface area contributed by atoms with E-state index in [2.05, 4.69) is 23.3 Å². The first-order valence-corrected chi connectivity index (χ1v) is 10.3. The summed E-state index contributed by atoms with van der Waals surface area (Å²) in [5, 5.41) is 4.07. The van der Waals surface area contributed by atoms with Crippen LogP contribution in [0.1, 0.15) is 64.2 Å². The Morgan fingerprint density at radius 3 is 2.55 bits per heavy atom. The van der Waals surface area contributed by atoms with E-state index in [9.17, 15) is 0 Å². The molecule has 2 heteroatoms. The van der Waals surface area contributed by atoms with Gasteiger partial charge in [-0.1, -0.05) is 25.7 Å². The largest absolute Gasteiger partial charge is 0.312 e. The maximum atomic E-state index is 4.07. The Kier molecular flexibility index (Phi) is 3.83. The van der Waals surface area contributed by atoms with Crippen molar-refractivity contribution in [2.24, 2.45) is 23.7 Å². The lowest BCUT2D eigenvalue weighted by molar-refractivity contribution is 0.202. The summed E-state index contributed by atoms with van der Waals surface area (Å²) in [6, 6.07) is 0.880. The fourth-order valence-corrected chi connectivity index (χ4v) is 7.19. The summed E-state index contributed by atoms with van der Waals surface area (Å²) >= 11 is 2.15. The lowest BCUT2D eigenvalue weighted by Gasteiger charge is -2.39. The topological polar surface area (TPSA) is 12.0 Å². The molecule has 20 heavy (non-hydrogen) atoms. The van der Waals surface area contributed by atoms with E-state index < -0.39 is 0 Å². The Balaban J connectivity index is 1.36. The molecule has 0 aliphatic heterocycles. The van der Waals surface area contributed by atoms with Crippen molar-refractivity contribution in [3.05, 3.63) is 0 Å². The standard InChI is InChI=1S/C18H31NS/c1-20-18(8-3-2-4-9-18)12-19-17-11-13-10-16(17)15-7-5-6-14(13)15/h13-17,19H,2-12H2,1H3. The van der Waals surface area contributed by atoms with Gasteiger partial charge in [0.2, 0.25) is 0 Å². The fourth-order valence-electron chi connectivity index (χ4n) is 6.27. The Morgan fingerprint density at radius 2 is 1.75 bits per heavy atom. The van der Waals surface area contributed by atoms with Gasteiger partial charge in [-0.3, -0.25) is 0 Å². The normalized spacial score (nSPS) is 45.8. The number of fused-ring (bicyclic) bond motifs is 5. The molecule has 0 aromatic carbocycles. The van der Waals surface area contributed by atoms with Gasteiger partial charge in [0, 0.05) is 17.3 Å². The molecule has 0 aromatic rings. The van der Waals surface area contributed by atoms with Crippen LogP contribution in [0.15, 0.2) is 0 Å². The Bertz CT molecular complexity index is 349. The molecule has 0 amide bonds. The average Bonchev–Trinajstić information content (AvgIpc) is 3.18. The molecular weight excluding hydrogens is 262 g/mol. The van der Waals surface area contributed by atoms with E-state index >= 15 is 0 Å². The van der Waals surface area contributed by atoms with Crippen LogP contribution in [-0.2, 0) is 0 Å². The van der Waals surface area contributed by atoms with Crippen LogP contribution >= 0.6 is 11.8 Å². The van der Waals surface area contributed by atoms with Crippen LogP contribution in [0.3, 0.4) is 0 Å². The minimum atomic E-state index is 0.579. The molecule has 5 atom stereocenters. The van der Waals surface area contributed by atoms with Crippen LogP contribution in [0.2, 0.25) is 0 Å². The first-order chi connectivity index (χ1) is 9.81. The van der Waals surface area contributed by atoms with Gasteiger partial charge in [0.1, 0.15) is 0 Å². The summed E-state index contributed by atoms with van der Waals surface area (Å²) in [5.41, 5.74) is 0. The van der Waals surface area contributed by atoms with Crippen LogP contribution in [0.5, 0.6) is 0 Å². The number of rotatable bonds is 4. The van der Waals surface area contributed by atoms with E-state index in [0.29, 0.717) is 4.75 Å². The summed E-state index contributed by atoms with van der Waals surface area (Å²) < 4.78 is 0.579. The molecule has 2 bridgehead atoms. The SMILES string of the molecule is CSC1(CNC2CC3CC2C2CCCC32)CCCCC1. The van der Waals surface area contributed by atoms with E-state index in [4.69, 9.17) is 0 Å². The highest BCUT2D eigenvalue weighted by Crippen LogP contribution is 2.58. The van der Waals surface area contributed by atoms with Crippen LogP contribution in [-0.4, -0.2) is 23.6 Å². The summed E-state index contributed by atoms with van der Waals surface area (Å²) in [4.78, 5) is 0. The molecule has 4 aliphatic rings. The van der Waals surface area contributed by atoms with E-state index in [-0.39, 0.29) is 0 Å². The van der Waals surface area contributed by atoms with Crippen molar-refractivity contribution in [1.29, 1.82) is 0 Å². The van der Waals surface area contributed by atoms with Crippen LogP contribution in [0, 0.1) is 23.7 Å². The second-order valence-corrected chi connectivity index (χ2v) is 9.36. The van der Waals surface area contributed by atoms with Gasteiger partial charge < -0.3 is 5.32 Å². The summed E-state index contributed by atoms with van der Waals surface area (Å²) in [6.07, 6.45) is 17.4. The highest BCUT2D eigenvalue weighted by atomic mass is 32.2. The second kappa shape index (κ2) is 5.50. The van der Waals surface area contributed by atoms with Crippen molar-refractivity contribution >= 4 is 11.8 Å². The van der Waals surface area contributed by atoms with Crippen molar-refractivity contribution in [3.8, 4) is 0 Å². The summed E-state index contributed by atoms with van der Waals surface area (Å²) in [7, 11) is 0. The predicted molar refractivity (Wildman–Crippen MR) is 88.2 cm³/mol. The van der Waals surface area contributed by atoms with Gasteiger partial charge in [-0.25, -0.2) is 0 Å². The maximum Gasteiger partial charge on any atom is 0.0281 e. The number of thioether (sulfide) groups is 1. The molecule has 4 rings (SSSR count). The van der Waals surface area contributed by atoms with E-state index in [1.165, 1.54) is 51.5 Å². The van der Waals surface area contributed by atoms with Crippen LogP contribution < -0.4 is 5.32 Å². The Labute approximate surface area is 129 Å². The third-order valence-corrected chi connectivity index (χ3v) is 8.73. The number of hydrogen-bond acceptors (Lipinski definition) is 2. The molecule has 4 saturated carbocycles. The molecule has 0 heterocycles. The average molecular weight is 294 g/mol. The summed E-state index contributed by atoms with van der Waals surface area (Å²) in [6.45, 7) is 1.29. The highest BCUT2D eigenvalue weighted by Gasteiger charge is 2.53. The zero-order chi connectivity index (χ0) is 13.6. The van der Waals surface area contributed by atoms with Gasteiger partial charge in [0.25, 0.3) is 0 Å². The lowest BCUT2D eigenvalue weighted by atomic mass is 9.78. The Morgan fingerprint density at radius 1 is 0.950 bits per heavy atom. The zero-order valence-corrected chi connectivity index (χ0v) is 13.9. The fraction of sp³-hybridized carbons (Fsp3) is 1.00. The predicted octanol–water partition coefficient (Wildman–Crippen LogP) is 4.47. The first kappa shape index (κ1) is 13.9. The van der Waals surface area contributed by atoms with Gasteiger partial charge in [-0.05, 0) is 68.5 Å².